The number of hydrogen-bond donors (Lipinski definition) is 0. The van der Waals surface area contributed by atoms with Crippen molar-refractivity contribution in [3.05, 3.63) is 58.1 Å². The summed E-state index contributed by atoms with van der Waals surface area (Å²) in [6.07, 6.45) is -0.202. The van der Waals surface area contributed by atoms with E-state index in [9.17, 15) is 15.4 Å². The summed E-state index contributed by atoms with van der Waals surface area (Å²) in [5.41, 5.74) is 0.768. The molecule has 7 nitrogen and oxygen atoms in total. The number of likely N-dealkylation sites (N-methyl/N-ethyl adjacent to an activating group) is 1. The van der Waals surface area contributed by atoms with Crippen molar-refractivity contribution in [2.75, 3.05) is 25.1 Å². The number of anilines is 1. The first kappa shape index (κ1) is 15.6. The van der Waals surface area contributed by atoms with E-state index in [1.807, 2.05) is 42.3 Å². The molecule has 3 rings (SSSR count). The quantitative estimate of drug-likeness (QED) is 0.634. The van der Waals surface area contributed by atoms with Crippen LogP contribution in [0.2, 0.25) is 0 Å². The summed E-state index contributed by atoms with van der Waals surface area (Å²) >= 11 is 0. The number of non-ortho nitro benzene ring substituents is 1. The SMILES string of the molecule is CN(CC1COc2ccccc2O1)c1ccc([N+](=O)[O-])cc1C#N. The van der Waals surface area contributed by atoms with Gasteiger partial charge in [0.15, 0.2) is 17.6 Å². The average molecular weight is 325 g/mol. The fourth-order valence-corrected chi connectivity index (χ4v) is 2.62. The first-order chi connectivity index (χ1) is 11.6. The van der Waals surface area contributed by atoms with Crippen LogP contribution in [0.4, 0.5) is 11.4 Å². The Morgan fingerprint density at radius 3 is 2.79 bits per heavy atom. The molecule has 0 fully saturated rings. The Bertz CT molecular complexity index is 816. The van der Waals surface area contributed by atoms with Crippen molar-refractivity contribution in [1.29, 1.82) is 5.26 Å². The van der Waals surface area contributed by atoms with Crippen molar-refractivity contribution < 1.29 is 14.4 Å². The summed E-state index contributed by atoms with van der Waals surface area (Å²) in [5, 5.41) is 20.1. The number of nitro benzene ring substituents is 1. The number of rotatable bonds is 4. The van der Waals surface area contributed by atoms with Crippen LogP contribution in [0.5, 0.6) is 11.5 Å². The number of nitrogens with zero attached hydrogens (tertiary/aromatic N) is 3. The van der Waals surface area contributed by atoms with Crippen molar-refractivity contribution in [2.24, 2.45) is 0 Å². The van der Waals surface area contributed by atoms with Crippen LogP contribution in [0.25, 0.3) is 0 Å². The summed E-state index contributed by atoms with van der Waals surface area (Å²) < 4.78 is 11.6. The van der Waals surface area contributed by atoms with Crippen LogP contribution >= 0.6 is 0 Å². The van der Waals surface area contributed by atoms with Gasteiger partial charge in [-0.1, -0.05) is 12.1 Å². The number of ether oxygens (including phenoxy) is 2. The van der Waals surface area contributed by atoms with Crippen LogP contribution in [0.1, 0.15) is 5.56 Å². The van der Waals surface area contributed by atoms with Crippen LogP contribution in [-0.4, -0.2) is 31.2 Å². The first-order valence-electron chi connectivity index (χ1n) is 7.36. The van der Waals surface area contributed by atoms with E-state index in [0.29, 0.717) is 30.3 Å². The predicted molar refractivity (Wildman–Crippen MR) is 87.4 cm³/mol. The van der Waals surface area contributed by atoms with E-state index in [1.54, 1.807) is 6.07 Å². The number of para-hydroxylation sites is 2. The Morgan fingerprint density at radius 2 is 2.08 bits per heavy atom. The Kier molecular flexibility index (Phi) is 4.20. The molecule has 0 saturated carbocycles. The zero-order valence-electron chi connectivity index (χ0n) is 13.0. The van der Waals surface area contributed by atoms with Gasteiger partial charge in [-0.25, -0.2) is 0 Å². The maximum atomic E-state index is 10.8. The minimum Gasteiger partial charge on any atom is -0.486 e. The van der Waals surface area contributed by atoms with Crippen LogP contribution in [0.15, 0.2) is 42.5 Å². The molecular weight excluding hydrogens is 310 g/mol. The van der Waals surface area contributed by atoms with Gasteiger partial charge in [0.25, 0.3) is 5.69 Å². The predicted octanol–water partition coefficient (Wildman–Crippen LogP) is 2.74. The summed E-state index contributed by atoms with van der Waals surface area (Å²) in [6, 6.07) is 13.7. The normalized spacial score (nSPS) is 15.4. The van der Waals surface area contributed by atoms with Crippen molar-refractivity contribution in [2.45, 2.75) is 6.10 Å². The summed E-state index contributed by atoms with van der Waals surface area (Å²) in [4.78, 5) is 12.2. The lowest BCUT2D eigenvalue weighted by Gasteiger charge is -2.30. The highest BCUT2D eigenvalue weighted by atomic mass is 16.6. The molecule has 0 amide bonds. The molecule has 0 N–H and O–H groups in total. The number of nitro groups is 1. The highest BCUT2D eigenvalue weighted by Gasteiger charge is 2.23. The molecule has 1 aliphatic heterocycles. The van der Waals surface area contributed by atoms with E-state index >= 15 is 0 Å². The molecule has 2 aromatic rings. The maximum Gasteiger partial charge on any atom is 0.270 e. The molecule has 0 bridgehead atoms. The minimum atomic E-state index is -0.514. The van der Waals surface area contributed by atoms with Gasteiger partial charge >= 0.3 is 0 Å². The van der Waals surface area contributed by atoms with Crippen LogP contribution < -0.4 is 14.4 Å². The molecule has 24 heavy (non-hydrogen) atoms. The molecule has 2 aromatic carbocycles. The van der Waals surface area contributed by atoms with Crippen molar-refractivity contribution in [3.63, 3.8) is 0 Å². The molecule has 1 heterocycles. The lowest BCUT2D eigenvalue weighted by molar-refractivity contribution is -0.384. The molecule has 1 atom stereocenters. The zero-order chi connectivity index (χ0) is 17.1. The average Bonchev–Trinajstić information content (AvgIpc) is 2.60. The molecule has 122 valence electrons. The fourth-order valence-electron chi connectivity index (χ4n) is 2.62. The molecule has 1 aliphatic rings. The van der Waals surface area contributed by atoms with Crippen molar-refractivity contribution in [3.8, 4) is 17.6 Å². The minimum absolute atomic E-state index is 0.102. The summed E-state index contributed by atoms with van der Waals surface area (Å²) in [6.45, 7) is 0.886. The largest absolute Gasteiger partial charge is 0.486 e. The van der Waals surface area contributed by atoms with E-state index in [1.165, 1.54) is 12.1 Å². The van der Waals surface area contributed by atoms with E-state index < -0.39 is 4.92 Å². The molecule has 0 aromatic heterocycles. The molecule has 1 unspecified atom stereocenters. The van der Waals surface area contributed by atoms with Gasteiger partial charge in [0.2, 0.25) is 0 Å². The standard InChI is InChI=1S/C17H15N3O4/c1-19(15-7-6-13(20(21)22)8-12(15)9-18)10-14-11-23-16-4-2-3-5-17(16)24-14/h2-8,14H,10-11H2,1H3. The monoisotopic (exact) mass is 325 g/mol. The second-order valence-electron chi connectivity index (χ2n) is 5.45. The Labute approximate surface area is 138 Å². The van der Waals surface area contributed by atoms with Crippen LogP contribution in [0, 0.1) is 21.4 Å². The summed E-state index contributed by atoms with van der Waals surface area (Å²) in [7, 11) is 1.81. The van der Waals surface area contributed by atoms with Gasteiger partial charge in [-0.05, 0) is 18.2 Å². The first-order valence-corrected chi connectivity index (χ1v) is 7.36. The number of hydrogen-bond acceptors (Lipinski definition) is 6. The molecule has 0 spiro atoms. The molecule has 0 radical (unpaired) electrons. The van der Waals surface area contributed by atoms with Crippen LogP contribution in [0.3, 0.4) is 0 Å². The van der Waals surface area contributed by atoms with Gasteiger partial charge in [-0.3, -0.25) is 10.1 Å². The van der Waals surface area contributed by atoms with Gasteiger partial charge in [0.1, 0.15) is 12.7 Å². The smallest absolute Gasteiger partial charge is 0.270 e. The Balaban J connectivity index is 1.75. The highest BCUT2D eigenvalue weighted by molar-refractivity contribution is 5.62. The van der Waals surface area contributed by atoms with Crippen molar-refractivity contribution in [1.82, 2.24) is 0 Å². The number of nitriles is 1. The van der Waals surface area contributed by atoms with Gasteiger partial charge in [0, 0.05) is 19.2 Å². The molecule has 0 aliphatic carbocycles. The van der Waals surface area contributed by atoms with E-state index in [-0.39, 0.29) is 17.4 Å². The second kappa shape index (κ2) is 6.46. The third-order valence-corrected chi connectivity index (χ3v) is 3.77. The second-order valence-corrected chi connectivity index (χ2v) is 5.45. The van der Waals surface area contributed by atoms with Gasteiger partial charge < -0.3 is 14.4 Å². The van der Waals surface area contributed by atoms with Gasteiger partial charge in [0.05, 0.1) is 22.7 Å². The van der Waals surface area contributed by atoms with Crippen molar-refractivity contribution >= 4 is 11.4 Å². The third-order valence-electron chi connectivity index (χ3n) is 3.77. The Morgan fingerprint density at radius 1 is 1.33 bits per heavy atom. The maximum absolute atomic E-state index is 10.8. The van der Waals surface area contributed by atoms with E-state index in [4.69, 9.17) is 9.47 Å². The Hall–Kier alpha value is -3.27. The number of fused-ring (bicyclic) bond motifs is 1. The molecule has 0 saturated heterocycles. The zero-order valence-corrected chi connectivity index (χ0v) is 13.0. The topological polar surface area (TPSA) is 88.6 Å². The van der Waals surface area contributed by atoms with Gasteiger partial charge in [-0.15, -0.1) is 0 Å². The fraction of sp³-hybridized carbons (Fsp3) is 0.235. The highest BCUT2D eigenvalue weighted by Crippen LogP contribution is 2.31. The number of benzene rings is 2. The molecular formula is C17H15N3O4. The lowest BCUT2D eigenvalue weighted by atomic mass is 10.1. The lowest BCUT2D eigenvalue weighted by Crippen LogP contribution is -2.39. The van der Waals surface area contributed by atoms with Gasteiger partial charge in [-0.2, -0.15) is 5.26 Å². The third kappa shape index (κ3) is 3.08. The molecule has 7 heteroatoms. The van der Waals surface area contributed by atoms with Crippen LogP contribution in [-0.2, 0) is 0 Å². The van der Waals surface area contributed by atoms with E-state index in [0.717, 1.165) is 0 Å². The summed E-state index contributed by atoms with van der Waals surface area (Å²) in [5.74, 6) is 1.40. The van der Waals surface area contributed by atoms with E-state index in [2.05, 4.69) is 0 Å².